The molecule has 12 heteroatoms. The second-order valence-electron chi connectivity index (χ2n) is 8.36. The van der Waals surface area contributed by atoms with Gasteiger partial charge < -0.3 is 15.6 Å². The van der Waals surface area contributed by atoms with E-state index in [1.165, 1.54) is 6.07 Å². The lowest BCUT2D eigenvalue weighted by Gasteiger charge is -2.37. The summed E-state index contributed by atoms with van der Waals surface area (Å²) in [4.78, 5) is 28.9. The van der Waals surface area contributed by atoms with Crippen LogP contribution in [0.3, 0.4) is 0 Å². The molecule has 6 aromatic rings. The average molecular weight is 485 g/mol. The first-order valence-corrected chi connectivity index (χ1v) is 11.7. The van der Waals surface area contributed by atoms with Crippen LogP contribution < -0.4 is 10.6 Å². The zero-order valence-corrected chi connectivity index (χ0v) is 18.9. The Morgan fingerprint density at radius 2 is 1.97 bits per heavy atom. The average Bonchev–Trinajstić information content (AvgIpc) is 3.59. The summed E-state index contributed by atoms with van der Waals surface area (Å²) in [6.45, 7) is 1.53. The van der Waals surface area contributed by atoms with E-state index in [0.717, 1.165) is 51.6 Å². The SMILES string of the molecule is NC1CN(c2cncc(-c3cnc4[nH]nc(-c5nc6c(-c7ccc(F)s7)ccnc6[nH]5)c4c3)n2)C1. The molecule has 6 aromatic heterocycles. The highest BCUT2D eigenvalue weighted by Crippen LogP contribution is 2.34. The largest absolute Gasteiger partial charge is 0.352 e. The van der Waals surface area contributed by atoms with E-state index in [4.69, 9.17) is 15.7 Å². The van der Waals surface area contributed by atoms with E-state index in [0.29, 0.717) is 34.0 Å². The minimum atomic E-state index is -0.248. The minimum Gasteiger partial charge on any atom is -0.352 e. The van der Waals surface area contributed by atoms with Crippen molar-refractivity contribution in [2.75, 3.05) is 18.0 Å². The molecule has 35 heavy (non-hydrogen) atoms. The van der Waals surface area contributed by atoms with Gasteiger partial charge in [0.25, 0.3) is 0 Å². The first-order chi connectivity index (χ1) is 17.1. The van der Waals surface area contributed by atoms with Crippen molar-refractivity contribution in [1.82, 2.24) is 40.1 Å². The number of nitrogens with two attached hydrogens (primary N) is 1. The van der Waals surface area contributed by atoms with Crippen molar-refractivity contribution in [3.8, 4) is 33.2 Å². The molecule has 0 aromatic carbocycles. The van der Waals surface area contributed by atoms with E-state index < -0.39 is 0 Å². The van der Waals surface area contributed by atoms with Crippen molar-refractivity contribution in [1.29, 1.82) is 0 Å². The topological polar surface area (TPSA) is 138 Å². The number of nitrogens with one attached hydrogen (secondary N) is 2. The van der Waals surface area contributed by atoms with Crippen LogP contribution in [0.2, 0.25) is 0 Å². The highest BCUT2D eigenvalue weighted by molar-refractivity contribution is 7.14. The molecule has 10 nitrogen and oxygen atoms in total. The van der Waals surface area contributed by atoms with Gasteiger partial charge in [0.05, 0.1) is 23.5 Å². The van der Waals surface area contributed by atoms with Gasteiger partial charge in [-0.1, -0.05) is 0 Å². The van der Waals surface area contributed by atoms with Gasteiger partial charge in [-0.3, -0.25) is 10.1 Å². The third-order valence-corrected chi connectivity index (χ3v) is 6.92. The second kappa shape index (κ2) is 7.61. The van der Waals surface area contributed by atoms with Crippen LogP contribution in [0.1, 0.15) is 0 Å². The number of hydrogen-bond acceptors (Lipinski definition) is 9. The van der Waals surface area contributed by atoms with Gasteiger partial charge >= 0.3 is 0 Å². The van der Waals surface area contributed by atoms with Crippen molar-refractivity contribution >= 4 is 39.4 Å². The van der Waals surface area contributed by atoms with Crippen molar-refractivity contribution in [3.05, 3.63) is 54.2 Å². The highest BCUT2D eigenvalue weighted by atomic mass is 32.1. The molecule has 4 N–H and O–H groups in total. The lowest BCUT2D eigenvalue weighted by molar-refractivity contribution is 0.514. The first kappa shape index (κ1) is 20.1. The number of H-pyrrole nitrogens is 2. The molecule has 172 valence electrons. The standard InChI is InChI=1S/C23H17FN10S/c24-17-2-1-16(35-17)13-3-4-27-22-19(13)30-23(31-22)20-14-5-11(6-28-21(14)33-32-20)15-7-26-8-18(29-15)34-9-12(25)10-34/h1-8,12H,9-10,25H2,(H,27,30,31)(H,28,32,33). The summed E-state index contributed by atoms with van der Waals surface area (Å²) >= 11 is 1.07. The van der Waals surface area contributed by atoms with Crippen LogP contribution >= 0.6 is 11.3 Å². The van der Waals surface area contributed by atoms with E-state index in [-0.39, 0.29) is 11.2 Å². The molecule has 1 fully saturated rings. The van der Waals surface area contributed by atoms with Gasteiger partial charge in [-0.05, 0) is 24.3 Å². The summed E-state index contributed by atoms with van der Waals surface area (Å²) in [5, 5.41) is 7.95. The maximum absolute atomic E-state index is 13.6. The van der Waals surface area contributed by atoms with Crippen LogP contribution in [0.25, 0.3) is 55.4 Å². The normalized spacial score (nSPS) is 14.2. The summed E-state index contributed by atoms with van der Waals surface area (Å²) in [6.07, 6.45) is 6.87. The molecular formula is C23H17FN10S. The molecule has 0 radical (unpaired) electrons. The second-order valence-corrected chi connectivity index (χ2v) is 9.40. The van der Waals surface area contributed by atoms with E-state index in [1.54, 1.807) is 30.9 Å². The number of nitrogens with zero attached hydrogens (tertiary/aromatic N) is 7. The van der Waals surface area contributed by atoms with E-state index in [2.05, 4.69) is 35.0 Å². The van der Waals surface area contributed by atoms with Crippen LogP contribution in [0.4, 0.5) is 10.2 Å². The Kier molecular flexibility index (Phi) is 4.38. The monoisotopic (exact) mass is 484 g/mol. The molecule has 0 unspecified atom stereocenters. The molecule has 0 spiro atoms. The molecule has 0 atom stereocenters. The summed E-state index contributed by atoms with van der Waals surface area (Å²) < 4.78 is 13.6. The van der Waals surface area contributed by atoms with Crippen LogP contribution in [0.15, 0.2) is 49.1 Å². The maximum Gasteiger partial charge on any atom is 0.176 e. The van der Waals surface area contributed by atoms with Gasteiger partial charge in [-0.15, -0.1) is 11.3 Å². The molecule has 7 heterocycles. The van der Waals surface area contributed by atoms with Crippen molar-refractivity contribution in [2.45, 2.75) is 6.04 Å². The Hall–Kier alpha value is -4.29. The number of fused-ring (bicyclic) bond motifs is 2. The quantitative estimate of drug-likeness (QED) is 0.346. The zero-order chi connectivity index (χ0) is 23.5. The first-order valence-electron chi connectivity index (χ1n) is 10.9. The molecule has 0 aliphatic carbocycles. The number of thiophene rings is 1. The lowest BCUT2D eigenvalue weighted by atomic mass is 10.1. The number of aromatic amines is 2. The minimum absolute atomic E-state index is 0.171. The predicted octanol–water partition coefficient (Wildman–Crippen LogP) is 3.37. The van der Waals surface area contributed by atoms with Crippen LogP contribution in [0, 0.1) is 5.13 Å². The van der Waals surface area contributed by atoms with Crippen molar-refractivity contribution in [3.63, 3.8) is 0 Å². The number of aromatic nitrogens is 8. The summed E-state index contributed by atoms with van der Waals surface area (Å²) in [6, 6.07) is 7.16. The van der Waals surface area contributed by atoms with Gasteiger partial charge in [-0.25, -0.2) is 19.9 Å². The van der Waals surface area contributed by atoms with E-state index >= 15 is 0 Å². The predicted molar refractivity (Wildman–Crippen MR) is 131 cm³/mol. The summed E-state index contributed by atoms with van der Waals surface area (Å²) in [5.74, 6) is 1.33. The van der Waals surface area contributed by atoms with E-state index in [9.17, 15) is 4.39 Å². The highest BCUT2D eigenvalue weighted by Gasteiger charge is 2.25. The Morgan fingerprint density at radius 1 is 1.06 bits per heavy atom. The number of pyridine rings is 2. The van der Waals surface area contributed by atoms with Gasteiger partial charge in [-0.2, -0.15) is 9.49 Å². The fourth-order valence-corrected chi connectivity index (χ4v) is 5.01. The lowest BCUT2D eigenvalue weighted by Crippen LogP contribution is -2.56. The third kappa shape index (κ3) is 3.33. The smallest absolute Gasteiger partial charge is 0.176 e. The van der Waals surface area contributed by atoms with Gasteiger partial charge in [0.2, 0.25) is 0 Å². The molecule has 0 saturated carbocycles. The number of anilines is 1. The third-order valence-electron chi connectivity index (χ3n) is 6.02. The molecular weight excluding hydrogens is 467 g/mol. The Bertz CT molecular complexity index is 1710. The number of imidazole rings is 1. The Morgan fingerprint density at radius 3 is 2.80 bits per heavy atom. The molecule has 0 bridgehead atoms. The fourth-order valence-electron chi connectivity index (χ4n) is 4.25. The maximum atomic E-state index is 13.6. The molecule has 7 rings (SSSR count). The van der Waals surface area contributed by atoms with Gasteiger partial charge in [0, 0.05) is 47.5 Å². The van der Waals surface area contributed by atoms with Crippen molar-refractivity contribution in [2.24, 2.45) is 5.73 Å². The molecule has 1 saturated heterocycles. The number of hydrogen-bond donors (Lipinski definition) is 3. The van der Waals surface area contributed by atoms with Gasteiger partial charge in [0.1, 0.15) is 17.0 Å². The fraction of sp³-hybridized carbons (Fsp3) is 0.130. The molecule has 0 amide bonds. The van der Waals surface area contributed by atoms with Gasteiger partial charge in [0.15, 0.2) is 22.2 Å². The summed E-state index contributed by atoms with van der Waals surface area (Å²) in [5.41, 5.74) is 10.7. The molecule has 1 aliphatic heterocycles. The Labute approximate surface area is 201 Å². The van der Waals surface area contributed by atoms with Crippen molar-refractivity contribution < 1.29 is 4.39 Å². The zero-order valence-electron chi connectivity index (χ0n) is 18.1. The number of halogens is 1. The summed E-state index contributed by atoms with van der Waals surface area (Å²) in [7, 11) is 0. The molecule has 1 aliphatic rings. The van der Waals surface area contributed by atoms with E-state index in [1.807, 2.05) is 12.1 Å². The van der Waals surface area contributed by atoms with Crippen LogP contribution in [0.5, 0.6) is 0 Å². The Balaban J connectivity index is 1.31. The van der Waals surface area contributed by atoms with Crippen LogP contribution in [-0.2, 0) is 0 Å². The number of rotatable bonds is 4. The van der Waals surface area contributed by atoms with Crippen LogP contribution in [-0.4, -0.2) is 59.2 Å².